The summed E-state index contributed by atoms with van der Waals surface area (Å²) in [5.74, 6) is -1.20. The summed E-state index contributed by atoms with van der Waals surface area (Å²) in [7, 11) is 1.28. The highest BCUT2D eigenvalue weighted by Gasteiger charge is 2.29. The Balaban J connectivity index is 1.95. The molecule has 7 heteroatoms. The largest absolute Gasteiger partial charge is 0.467 e. The molecule has 0 aromatic heterocycles. The van der Waals surface area contributed by atoms with Crippen molar-refractivity contribution in [3.05, 3.63) is 71.8 Å². The van der Waals surface area contributed by atoms with E-state index in [1.165, 1.54) is 7.11 Å². The number of methoxy groups -OCH3 is 1. The molecule has 0 unspecified atom stereocenters. The van der Waals surface area contributed by atoms with Crippen LogP contribution < -0.4 is 10.6 Å². The zero-order valence-electron chi connectivity index (χ0n) is 18.2. The van der Waals surface area contributed by atoms with Crippen LogP contribution in [0.3, 0.4) is 0 Å². The number of rotatable bonds is 10. The van der Waals surface area contributed by atoms with Gasteiger partial charge in [0.2, 0.25) is 5.91 Å². The van der Waals surface area contributed by atoms with E-state index in [-0.39, 0.29) is 12.5 Å². The van der Waals surface area contributed by atoms with E-state index >= 15 is 0 Å². The third-order valence-corrected chi connectivity index (χ3v) is 4.80. The lowest BCUT2D eigenvalue weighted by Crippen LogP contribution is -2.54. The topological polar surface area (TPSA) is 93.7 Å². The molecule has 0 bridgehead atoms. The third-order valence-electron chi connectivity index (χ3n) is 4.80. The number of hydrogen-bond acceptors (Lipinski definition) is 5. The lowest BCUT2D eigenvalue weighted by Gasteiger charge is -2.24. The van der Waals surface area contributed by atoms with Gasteiger partial charge >= 0.3 is 12.1 Å². The van der Waals surface area contributed by atoms with Gasteiger partial charge in [-0.15, -0.1) is 0 Å². The fourth-order valence-electron chi connectivity index (χ4n) is 3.04. The number of carbonyl (C=O) groups is 3. The molecule has 0 aliphatic carbocycles. The van der Waals surface area contributed by atoms with Gasteiger partial charge in [0.15, 0.2) is 0 Å². The smallest absolute Gasteiger partial charge is 0.408 e. The summed E-state index contributed by atoms with van der Waals surface area (Å²) < 4.78 is 10.1. The Morgan fingerprint density at radius 3 is 2.00 bits per heavy atom. The van der Waals surface area contributed by atoms with Gasteiger partial charge in [0.05, 0.1) is 7.11 Å². The van der Waals surface area contributed by atoms with E-state index in [0.717, 1.165) is 11.1 Å². The SMILES string of the molecule is COC(=O)[C@@H](CCc1ccccc1)NC(=O)[C@H](NC(=O)OCc1ccccc1)C(C)C. The second-order valence-electron chi connectivity index (χ2n) is 7.54. The molecule has 0 aliphatic rings. The molecule has 2 amide bonds. The van der Waals surface area contributed by atoms with Gasteiger partial charge in [0.25, 0.3) is 0 Å². The molecule has 0 aliphatic heterocycles. The van der Waals surface area contributed by atoms with E-state index < -0.39 is 30.1 Å². The van der Waals surface area contributed by atoms with Crippen molar-refractivity contribution in [2.75, 3.05) is 7.11 Å². The Morgan fingerprint density at radius 2 is 1.45 bits per heavy atom. The minimum Gasteiger partial charge on any atom is -0.467 e. The number of amides is 2. The maximum atomic E-state index is 12.8. The molecular formula is C24H30N2O5. The van der Waals surface area contributed by atoms with Crippen molar-refractivity contribution in [3.63, 3.8) is 0 Å². The number of esters is 1. The molecule has 2 N–H and O–H groups in total. The zero-order chi connectivity index (χ0) is 22.6. The zero-order valence-corrected chi connectivity index (χ0v) is 18.2. The number of benzene rings is 2. The minimum absolute atomic E-state index is 0.0982. The summed E-state index contributed by atoms with van der Waals surface area (Å²) in [6.07, 6.45) is 0.280. The highest BCUT2D eigenvalue weighted by molar-refractivity contribution is 5.89. The summed E-state index contributed by atoms with van der Waals surface area (Å²) in [6.45, 7) is 3.71. The molecule has 2 aromatic rings. The Kier molecular flexibility index (Phi) is 9.55. The first-order valence-electron chi connectivity index (χ1n) is 10.3. The molecule has 2 aromatic carbocycles. The minimum atomic E-state index is -0.854. The van der Waals surface area contributed by atoms with Crippen molar-refractivity contribution in [2.24, 2.45) is 5.92 Å². The van der Waals surface area contributed by atoms with Gasteiger partial charge < -0.3 is 20.1 Å². The van der Waals surface area contributed by atoms with E-state index in [2.05, 4.69) is 10.6 Å². The first kappa shape index (κ1) is 23.9. The molecule has 31 heavy (non-hydrogen) atoms. The second kappa shape index (κ2) is 12.4. The van der Waals surface area contributed by atoms with Gasteiger partial charge in [-0.05, 0) is 29.9 Å². The molecule has 0 saturated heterocycles. The van der Waals surface area contributed by atoms with Gasteiger partial charge in [-0.2, -0.15) is 0 Å². The van der Waals surface area contributed by atoms with Crippen LogP contribution in [0.25, 0.3) is 0 Å². The number of aryl methyl sites for hydroxylation is 1. The number of hydrogen-bond donors (Lipinski definition) is 2. The van der Waals surface area contributed by atoms with Gasteiger partial charge in [0.1, 0.15) is 18.7 Å². The van der Waals surface area contributed by atoms with E-state index in [1.54, 1.807) is 13.8 Å². The van der Waals surface area contributed by atoms with Gasteiger partial charge in [-0.25, -0.2) is 9.59 Å². The molecule has 0 fully saturated rings. The standard InChI is InChI=1S/C24H30N2O5/c1-17(2)21(26-24(29)31-16-19-12-8-5-9-13-19)22(27)25-20(23(28)30-3)15-14-18-10-6-4-7-11-18/h4-13,17,20-21H,14-16H2,1-3H3,(H,25,27)(H,26,29)/t20-,21-/m1/s1. The fraction of sp³-hybridized carbons (Fsp3) is 0.375. The normalized spacial score (nSPS) is 12.5. The summed E-state index contributed by atoms with van der Waals surface area (Å²) in [5.41, 5.74) is 1.89. The molecule has 2 rings (SSSR count). The summed E-state index contributed by atoms with van der Waals surface area (Å²) in [4.78, 5) is 37.3. The van der Waals surface area contributed by atoms with Crippen LogP contribution in [-0.2, 0) is 32.1 Å². The molecule has 0 heterocycles. The molecule has 0 radical (unpaired) electrons. The molecule has 0 spiro atoms. The maximum absolute atomic E-state index is 12.8. The lowest BCUT2D eigenvalue weighted by atomic mass is 10.0. The molecule has 166 valence electrons. The molecule has 0 saturated carbocycles. The molecule has 7 nitrogen and oxygen atoms in total. The average Bonchev–Trinajstić information content (AvgIpc) is 2.79. The van der Waals surface area contributed by atoms with Crippen molar-refractivity contribution in [1.82, 2.24) is 10.6 Å². The first-order chi connectivity index (χ1) is 14.9. The van der Waals surface area contributed by atoms with Crippen LogP contribution in [0.2, 0.25) is 0 Å². The number of alkyl carbamates (subject to hydrolysis) is 1. The lowest BCUT2D eigenvalue weighted by molar-refractivity contribution is -0.145. The van der Waals surface area contributed by atoms with Gasteiger partial charge in [0, 0.05) is 0 Å². The van der Waals surface area contributed by atoms with Crippen LogP contribution in [0.4, 0.5) is 4.79 Å². The van der Waals surface area contributed by atoms with Crippen molar-refractivity contribution in [3.8, 4) is 0 Å². The molecule has 2 atom stereocenters. The van der Waals surface area contributed by atoms with E-state index in [4.69, 9.17) is 9.47 Å². The average molecular weight is 427 g/mol. The van der Waals surface area contributed by atoms with Crippen LogP contribution in [0, 0.1) is 5.92 Å². The van der Waals surface area contributed by atoms with Gasteiger partial charge in [-0.3, -0.25) is 4.79 Å². The number of carbonyl (C=O) groups excluding carboxylic acids is 3. The van der Waals surface area contributed by atoms with Crippen LogP contribution in [0.1, 0.15) is 31.4 Å². The quantitative estimate of drug-likeness (QED) is 0.569. The van der Waals surface area contributed by atoms with E-state index in [0.29, 0.717) is 12.8 Å². The summed E-state index contributed by atoms with van der Waals surface area (Å²) in [5, 5.41) is 5.31. The van der Waals surface area contributed by atoms with Crippen LogP contribution >= 0.6 is 0 Å². The Hall–Kier alpha value is -3.35. The second-order valence-corrected chi connectivity index (χ2v) is 7.54. The summed E-state index contributed by atoms with van der Waals surface area (Å²) >= 11 is 0. The van der Waals surface area contributed by atoms with Crippen molar-refractivity contribution < 1.29 is 23.9 Å². The van der Waals surface area contributed by atoms with Crippen LogP contribution in [0.15, 0.2) is 60.7 Å². The van der Waals surface area contributed by atoms with E-state index in [9.17, 15) is 14.4 Å². The van der Waals surface area contributed by atoms with Crippen molar-refractivity contribution in [2.45, 2.75) is 45.4 Å². The Bertz CT molecular complexity index is 840. The Morgan fingerprint density at radius 1 is 0.871 bits per heavy atom. The summed E-state index contributed by atoms with van der Waals surface area (Å²) in [6, 6.07) is 17.2. The van der Waals surface area contributed by atoms with E-state index in [1.807, 2.05) is 60.7 Å². The number of nitrogens with one attached hydrogen (secondary N) is 2. The van der Waals surface area contributed by atoms with Crippen molar-refractivity contribution >= 4 is 18.0 Å². The highest BCUT2D eigenvalue weighted by atomic mass is 16.5. The predicted molar refractivity (Wildman–Crippen MR) is 117 cm³/mol. The highest BCUT2D eigenvalue weighted by Crippen LogP contribution is 2.09. The monoisotopic (exact) mass is 426 g/mol. The van der Waals surface area contributed by atoms with Gasteiger partial charge in [-0.1, -0.05) is 74.5 Å². The number of ether oxygens (including phenoxy) is 2. The van der Waals surface area contributed by atoms with Crippen molar-refractivity contribution in [1.29, 1.82) is 0 Å². The Labute approximate surface area is 183 Å². The van der Waals surface area contributed by atoms with Crippen LogP contribution in [-0.4, -0.2) is 37.2 Å². The van der Waals surface area contributed by atoms with Crippen LogP contribution in [0.5, 0.6) is 0 Å². The fourth-order valence-corrected chi connectivity index (χ4v) is 3.04. The first-order valence-corrected chi connectivity index (χ1v) is 10.3. The maximum Gasteiger partial charge on any atom is 0.408 e. The third kappa shape index (κ3) is 8.12. The predicted octanol–water partition coefficient (Wildman–Crippen LogP) is 3.23. The molecular weight excluding hydrogens is 396 g/mol.